The lowest BCUT2D eigenvalue weighted by Crippen LogP contribution is -2.02. The second kappa shape index (κ2) is 4.85. The summed E-state index contributed by atoms with van der Waals surface area (Å²) in [7, 11) is 0. The van der Waals surface area contributed by atoms with Crippen molar-refractivity contribution in [3.63, 3.8) is 0 Å². The number of rotatable bonds is 1. The molecule has 0 bridgehead atoms. The number of hydrogen-bond donors (Lipinski definition) is 1. The van der Waals surface area contributed by atoms with Crippen LogP contribution in [0, 0.1) is 0 Å². The highest BCUT2D eigenvalue weighted by atomic mass is 35.5. The third kappa shape index (κ3) is 1.96. The van der Waals surface area contributed by atoms with Gasteiger partial charge in [-0.2, -0.15) is 0 Å². The summed E-state index contributed by atoms with van der Waals surface area (Å²) in [5.41, 5.74) is 0.148. The topological polar surface area (TPSA) is 50.4 Å². The molecule has 2 aromatic carbocycles. The lowest BCUT2D eigenvalue weighted by Gasteiger charge is -2.09. The van der Waals surface area contributed by atoms with Crippen LogP contribution in [0.25, 0.3) is 22.3 Å². The van der Waals surface area contributed by atoms with Crippen molar-refractivity contribution in [1.82, 2.24) is 0 Å². The molecule has 0 spiro atoms. The van der Waals surface area contributed by atoms with Crippen molar-refractivity contribution in [3.05, 3.63) is 62.7 Å². The molecular formula is C15H8Cl2O3. The molecule has 1 heterocycles. The van der Waals surface area contributed by atoms with Gasteiger partial charge in [-0.1, -0.05) is 41.4 Å². The molecule has 1 N–H and O–H groups in total. The van der Waals surface area contributed by atoms with Crippen LogP contribution in [-0.2, 0) is 0 Å². The highest BCUT2D eigenvalue weighted by Gasteiger charge is 2.19. The molecular weight excluding hydrogens is 299 g/mol. The van der Waals surface area contributed by atoms with Crippen LogP contribution in [0.4, 0.5) is 0 Å². The van der Waals surface area contributed by atoms with Crippen LogP contribution in [-0.4, -0.2) is 5.11 Å². The summed E-state index contributed by atoms with van der Waals surface area (Å²) in [4.78, 5) is 12.1. The molecule has 0 aliphatic heterocycles. The SMILES string of the molecule is O=c1c(O)c(-c2c(Cl)cccc2Cl)oc2ccccc12. The molecule has 0 amide bonds. The Bertz CT molecular complexity index is 848. The number of benzene rings is 2. The van der Waals surface area contributed by atoms with Gasteiger partial charge >= 0.3 is 0 Å². The summed E-state index contributed by atoms with van der Waals surface area (Å²) in [6, 6.07) is 11.5. The first-order valence-corrected chi connectivity index (χ1v) is 6.54. The summed E-state index contributed by atoms with van der Waals surface area (Å²) >= 11 is 12.2. The minimum atomic E-state index is -0.516. The highest BCUT2D eigenvalue weighted by Crippen LogP contribution is 2.39. The normalized spacial score (nSPS) is 10.9. The predicted octanol–water partition coefficient (Wildman–Crippen LogP) is 4.47. The molecule has 0 radical (unpaired) electrons. The Labute approximate surface area is 124 Å². The summed E-state index contributed by atoms with van der Waals surface area (Å²) < 4.78 is 5.60. The molecule has 0 saturated heterocycles. The van der Waals surface area contributed by atoms with Crippen LogP contribution in [0.2, 0.25) is 10.0 Å². The fourth-order valence-electron chi connectivity index (χ4n) is 2.02. The molecule has 0 aliphatic carbocycles. The summed E-state index contributed by atoms with van der Waals surface area (Å²) in [5.74, 6) is -0.525. The molecule has 3 nitrogen and oxygen atoms in total. The monoisotopic (exact) mass is 306 g/mol. The molecule has 0 atom stereocenters. The van der Waals surface area contributed by atoms with E-state index in [4.69, 9.17) is 27.6 Å². The number of fused-ring (bicyclic) bond motifs is 1. The molecule has 1 aromatic heterocycles. The molecule has 3 aromatic rings. The second-order valence-electron chi connectivity index (χ2n) is 4.20. The Balaban J connectivity index is 2.44. The zero-order chi connectivity index (χ0) is 14.3. The molecule has 5 heteroatoms. The maximum absolute atomic E-state index is 12.1. The van der Waals surface area contributed by atoms with Gasteiger partial charge in [0.05, 0.1) is 21.0 Å². The fourth-order valence-corrected chi connectivity index (χ4v) is 2.59. The second-order valence-corrected chi connectivity index (χ2v) is 5.02. The van der Waals surface area contributed by atoms with Crippen molar-refractivity contribution >= 4 is 34.2 Å². The number of para-hydroxylation sites is 1. The largest absolute Gasteiger partial charge is 0.502 e. The Hall–Kier alpha value is -1.97. The standard InChI is InChI=1S/C15H8Cl2O3/c16-9-5-3-6-10(17)12(9)15-14(19)13(18)8-4-1-2-7-11(8)20-15/h1-7,19H. The van der Waals surface area contributed by atoms with Gasteiger partial charge in [0, 0.05) is 0 Å². The highest BCUT2D eigenvalue weighted by molar-refractivity contribution is 6.39. The number of halogens is 2. The first-order valence-electron chi connectivity index (χ1n) is 5.79. The van der Waals surface area contributed by atoms with E-state index in [1.54, 1.807) is 42.5 Å². The third-order valence-electron chi connectivity index (χ3n) is 2.96. The zero-order valence-electron chi connectivity index (χ0n) is 10.1. The Kier molecular flexibility index (Phi) is 3.16. The molecule has 0 unspecified atom stereocenters. The van der Waals surface area contributed by atoms with E-state index in [0.717, 1.165) is 0 Å². The van der Waals surface area contributed by atoms with E-state index in [-0.39, 0.29) is 5.76 Å². The molecule has 0 saturated carbocycles. The van der Waals surface area contributed by atoms with Gasteiger partial charge in [-0.05, 0) is 24.3 Å². The van der Waals surface area contributed by atoms with Gasteiger partial charge in [0.2, 0.25) is 11.2 Å². The van der Waals surface area contributed by atoms with E-state index >= 15 is 0 Å². The number of hydrogen-bond acceptors (Lipinski definition) is 3. The van der Waals surface area contributed by atoms with Crippen molar-refractivity contribution in [1.29, 1.82) is 0 Å². The van der Waals surface area contributed by atoms with Crippen molar-refractivity contribution < 1.29 is 9.52 Å². The van der Waals surface area contributed by atoms with Gasteiger partial charge in [0.1, 0.15) is 5.58 Å². The summed E-state index contributed by atoms with van der Waals surface area (Å²) in [6.45, 7) is 0. The van der Waals surface area contributed by atoms with E-state index in [9.17, 15) is 9.90 Å². The van der Waals surface area contributed by atoms with Crippen LogP contribution >= 0.6 is 23.2 Å². The Morgan fingerprint density at radius 2 is 1.60 bits per heavy atom. The van der Waals surface area contributed by atoms with Crippen molar-refractivity contribution in [3.8, 4) is 17.1 Å². The van der Waals surface area contributed by atoms with Gasteiger partial charge < -0.3 is 9.52 Å². The predicted molar refractivity (Wildman–Crippen MR) is 79.6 cm³/mol. The average molecular weight is 307 g/mol. The van der Waals surface area contributed by atoms with Crippen LogP contribution < -0.4 is 5.43 Å². The minimum Gasteiger partial charge on any atom is -0.502 e. The van der Waals surface area contributed by atoms with Crippen LogP contribution in [0.15, 0.2) is 51.7 Å². The van der Waals surface area contributed by atoms with E-state index in [1.165, 1.54) is 0 Å². The van der Waals surface area contributed by atoms with Gasteiger partial charge in [0.15, 0.2) is 5.76 Å². The van der Waals surface area contributed by atoms with Crippen LogP contribution in [0.3, 0.4) is 0 Å². The van der Waals surface area contributed by atoms with Crippen molar-refractivity contribution in [2.75, 3.05) is 0 Å². The quantitative estimate of drug-likeness (QED) is 0.721. The van der Waals surface area contributed by atoms with E-state index < -0.39 is 11.2 Å². The Morgan fingerprint density at radius 1 is 0.950 bits per heavy atom. The molecule has 3 rings (SSSR count). The first kappa shape index (κ1) is 13.0. The van der Waals surface area contributed by atoms with E-state index in [1.807, 2.05) is 0 Å². The summed E-state index contributed by atoms with van der Waals surface area (Å²) in [5, 5.41) is 11.0. The lowest BCUT2D eigenvalue weighted by atomic mass is 10.1. The van der Waals surface area contributed by atoms with Gasteiger partial charge in [0.25, 0.3) is 0 Å². The van der Waals surface area contributed by atoms with E-state index in [0.29, 0.717) is 26.6 Å². The maximum atomic E-state index is 12.1. The fraction of sp³-hybridized carbons (Fsp3) is 0. The third-order valence-corrected chi connectivity index (χ3v) is 3.59. The molecule has 100 valence electrons. The summed E-state index contributed by atoms with van der Waals surface area (Å²) in [6.07, 6.45) is 0. The average Bonchev–Trinajstić information content (AvgIpc) is 2.44. The maximum Gasteiger partial charge on any atom is 0.235 e. The van der Waals surface area contributed by atoms with Gasteiger partial charge in [-0.3, -0.25) is 4.79 Å². The van der Waals surface area contributed by atoms with Gasteiger partial charge in [-0.25, -0.2) is 0 Å². The number of aromatic hydroxyl groups is 1. The van der Waals surface area contributed by atoms with Crippen LogP contribution in [0.1, 0.15) is 0 Å². The minimum absolute atomic E-state index is 0.0238. The molecule has 0 aliphatic rings. The Morgan fingerprint density at radius 3 is 2.30 bits per heavy atom. The molecule has 20 heavy (non-hydrogen) atoms. The molecule has 0 fully saturated rings. The zero-order valence-corrected chi connectivity index (χ0v) is 11.6. The lowest BCUT2D eigenvalue weighted by molar-refractivity contribution is 0.449. The van der Waals surface area contributed by atoms with Crippen molar-refractivity contribution in [2.45, 2.75) is 0 Å². The first-order chi connectivity index (χ1) is 9.59. The van der Waals surface area contributed by atoms with Crippen molar-refractivity contribution in [2.24, 2.45) is 0 Å². The van der Waals surface area contributed by atoms with Crippen LogP contribution in [0.5, 0.6) is 5.75 Å². The smallest absolute Gasteiger partial charge is 0.235 e. The van der Waals surface area contributed by atoms with E-state index in [2.05, 4.69) is 0 Å². The van der Waals surface area contributed by atoms with Gasteiger partial charge in [-0.15, -0.1) is 0 Å².